The number of hydrogen-bond donors (Lipinski definition) is 0. The summed E-state index contributed by atoms with van der Waals surface area (Å²) in [7, 11) is 0. The van der Waals surface area contributed by atoms with Crippen LogP contribution in [0.5, 0.6) is 0 Å². The molecule has 0 saturated carbocycles. The molecule has 0 N–H and O–H groups in total. The van der Waals surface area contributed by atoms with Gasteiger partial charge in [0.1, 0.15) is 0 Å². The summed E-state index contributed by atoms with van der Waals surface area (Å²) >= 11 is 19.3. The fraction of sp³-hybridized carbons (Fsp3) is 0.100. The van der Waals surface area contributed by atoms with Gasteiger partial charge in [-0.3, -0.25) is 0 Å². The Hall–Kier alpha value is -0.280. The van der Waals surface area contributed by atoms with Crippen molar-refractivity contribution >= 4 is 46.1 Å². The summed E-state index contributed by atoms with van der Waals surface area (Å²) in [5.41, 5.74) is 1.76. The first-order valence-electron chi connectivity index (χ1n) is 4.15. The van der Waals surface area contributed by atoms with E-state index in [1.54, 1.807) is 23.5 Å². The number of rotatable bonds is 1. The zero-order valence-electron chi connectivity index (χ0n) is 7.72. The fourth-order valence-corrected chi connectivity index (χ4v) is 2.42. The highest BCUT2D eigenvalue weighted by Gasteiger charge is 2.09. The molecule has 0 fully saturated rings. The van der Waals surface area contributed by atoms with E-state index >= 15 is 0 Å². The second-order valence-electron chi connectivity index (χ2n) is 3.01. The van der Waals surface area contributed by atoms with E-state index in [2.05, 4.69) is 4.98 Å². The average molecular weight is 279 g/mol. The van der Waals surface area contributed by atoms with Crippen LogP contribution in [0.15, 0.2) is 17.5 Å². The van der Waals surface area contributed by atoms with E-state index in [1.807, 2.05) is 12.3 Å². The summed E-state index contributed by atoms with van der Waals surface area (Å²) in [6, 6.07) is 3.54. The van der Waals surface area contributed by atoms with E-state index in [9.17, 15) is 0 Å². The third kappa shape index (κ3) is 2.28. The Kier molecular flexibility index (Phi) is 3.21. The summed E-state index contributed by atoms with van der Waals surface area (Å²) in [5, 5.41) is 4.25. The van der Waals surface area contributed by atoms with Crippen LogP contribution in [-0.4, -0.2) is 4.98 Å². The zero-order chi connectivity index (χ0) is 11.0. The quantitative estimate of drug-likeness (QED) is 0.663. The maximum atomic E-state index is 5.94. The van der Waals surface area contributed by atoms with Crippen molar-refractivity contribution in [1.29, 1.82) is 0 Å². The molecule has 0 unspecified atom stereocenters. The Balaban J connectivity index is 2.55. The van der Waals surface area contributed by atoms with E-state index in [4.69, 9.17) is 34.8 Å². The SMILES string of the molecule is Cc1nc(-c2cc(Cl)c(Cl)c(Cl)c2)cs1. The van der Waals surface area contributed by atoms with Gasteiger partial charge in [-0.1, -0.05) is 34.8 Å². The number of nitrogens with zero attached hydrogens (tertiary/aromatic N) is 1. The molecule has 0 aliphatic carbocycles. The molecule has 2 rings (SSSR count). The van der Waals surface area contributed by atoms with Gasteiger partial charge in [-0.05, 0) is 19.1 Å². The molecule has 0 amide bonds. The lowest BCUT2D eigenvalue weighted by atomic mass is 10.2. The summed E-state index contributed by atoms with van der Waals surface area (Å²) in [4.78, 5) is 4.35. The first kappa shape index (κ1) is 11.2. The first-order valence-corrected chi connectivity index (χ1v) is 6.16. The van der Waals surface area contributed by atoms with E-state index < -0.39 is 0 Å². The maximum Gasteiger partial charge on any atom is 0.0901 e. The third-order valence-corrected chi connectivity index (χ3v) is 3.87. The topological polar surface area (TPSA) is 12.9 Å². The van der Waals surface area contributed by atoms with Crippen molar-refractivity contribution in [2.24, 2.45) is 0 Å². The second-order valence-corrected chi connectivity index (χ2v) is 5.26. The number of aromatic nitrogens is 1. The summed E-state index contributed by atoms with van der Waals surface area (Å²) in [5.74, 6) is 0. The molecule has 0 aliphatic heterocycles. The number of halogens is 3. The van der Waals surface area contributed by atoms with Crippen molar-refractivity contribution in [2.45, 2.75) is 6.92 Å². The molecule has 0 saturated heterocycles. The van der Waals surface area contributed by atoms with Crippen LogP contribution in [0.2, 0.25) is 15.1 Å². The van der Waals surface area contributed by atoms with E-state index in [-0.39, 0.29) is 0 Å². The molecule has 5 heteroatoms. The molecule has 1 heterocycles. The summed E-state index contributed by atoms with van der Waals surface area (Å²) < 4.78 is 0. The van der Waals surface area contributed by atoms with Gasteiger partial charge in [-0.15, -0.1) is 11.3 Å². The predicted molar refractivity (Wildman–Crippen MR) is 67.3 cm³/mol. The number of aryl methyl sites for hydroxylation is 1. The van der Waals surface area contributed by atoms with Gasteiger partial charge in [0.05, 0.1) is 25.8 Å². The molecular formula is C10H6Cl3NS. The Morgan fingerprint density at radius 3 is 2.20 bits per heavy atom. The van der Waals surface area contributed by atoms with E-state index in [1.165, 1.54) is 0 Å². The van der Waals surface area contributed by atoms with Crippen molar-refractivity contribution in [3.05, 3.63) is 37.6 Å². The molecule has 1 aromatic heterocycles. The molecular weight excluding hydrogens is 273 g/mol. The van der Waals surface area contributed by atoms with Gasteiger partial charge in [0.25, 0.3) is 0 Å². The van der Waals surface area contributed by atoms with E-state index in [0.29, 0.717) is 15.1 Å². The number of benzene rings is 1. The molecule has 1 aromatic carbocycles. The van der Waals surface area contributed by atoms with Crippen molar-refractivity contribution in [3.63, 3.8) is 0 Å². The molecule has 0 spiro atoms. The molecule has 2 aromatic rings. The van der Waals surface area contributed by atoms with Gasteiger partial charge in [0.2, 0.25) is 0 Å². The maximum absolute atomic E-state index is 5.94. The Bertz CT molecular complexity index is 484. The lowest BCUT2D eigenvalue weighted by molar-refractivity contribution is 1.30. The van der Waals surface area contributed by atoms with Crippen LogP contribution in [-0.2, 0) is 0 Å². The third-order valence-electron chi connectivity index (χ3n) is 1.90. The minimum absolute atomic E-state index is 0.383. The molecule has 15 heavy (non-hydrogen) atoms. The Labute approximate surface area is 107 Å². The molecule has 0 radical (unpaired) electrons. The molecule has 78 valence electrons. The average Bonchev–Trinajstić information content (AvgIpc) is 2.60. The number of hydrogen-bond acceptors (Lipinski definition) is 2. The van der Waals surface area contributed by atoms with Crippen LogP contribution in [0, 0.1) is 6.92 Å². The van der Waals surface area contributed by atoms with Crippen LogP contribution in [0.3, 0.4) is 0 Å². The monoisotopic (exact) mass is 277 g/mol. The lowest BCUT2D eigenvalue weighted by Gasteiger charge is -2.02. The minimum atomic E-state index is 0.383. The second kappa shape index (κ2) is 4.30. The number of thiazole rings is 1. The van der Waals surface area contributed by atoms with Crippen molar-refractivity contribution in [3.8, 4) is 11.3 Å². The van der Waals surface area contributed by atoms with Gasteiger partial charge < -0.3 is 0 Å². The standard InChI is InChI=1S/C10H6Cl3NS/c1-5-14-9(4-15-5)6-2-7(11)10(13)8(12)3-6/h2-4H,1H3. The lowest BCUT2D eigenvalue weighted by Crippen LogP contribution is -1.80. The predicted octanol–water partition coefficient (Wildman–Crippen LogP) is 5.08. The summed E-state index contributed by atoms with van der Waals surface area (Å²) in [6.07, 6.45) is 0. The highest BCUT2D eigenvalue weighted by atomic mass is 35.5. The largest absolute Gasteiger partial charge is 0.242 e. The highest BCUT2D eigenvalue weighted by Crippen LogP contribution is 2.35. The van der Waals surface area contributed by atoms with Crippen LogP contribution in [0.1, 0.15) is 5.01 Å². The Morgan fingerprint density at radius 2 is 1.73 bits per heavy atom. The fourth-order valence-electron chi connectivity index (χ4n) is 1.20. The van der Waals surface area contributed by atoms with Crippen molar-refractivity contribution < 1.29 is 0 Å². The van der Waals surface area contributed by atoms with Crippen molar-refractivity contribution in [2.75, 3.05) is 0 Å². The highest BCUT2D eigenvalue weighted by molar-refractivity contribution is 7.09. The van der Waals surface area contributed by atoms with Gasteiger partial charge in [0, 0.05) is 10.9 Å². The minimum Gasteiger partial charge on any atom is -0.242 e. The first-order chi connectivity index (χ1) is 7.08. The van der Waals surface area contributed by atoms with Gasteiger partial charge >= 0.3 is 0 Å². The normalized spacial score (nSPS) is 10.7. The summed E-state index contributed by atoms with van der Waals surface area (Å²) in [6.45, 7) is 1.95. The Morgan fingerprint density at radius 1 is 1.13 bits per heavy atom. The van der Waals surface area contributed by atoms with Gasteiger partial charge in [0.15, 0.2) is 0 Å². The smallest absolute Gasteiger partial charge is 0.0901 e. The van der Waals surface area contributed by atoms with E-state index in [0.717, 1.165) is 16.3 Å². The molecule has 0 bridgehead atoms. The van der Waals surface area contributed by atoms with Crippen LogP contribution < -0.4 is 0 Å². The van der Waals surface area contributed by atoms with Crippen LogP contribution >= 0.6 is 46.1 Å². The molecule has 1 nitrogen and oxygen atoms in total. The van der Waals surface area contributed by atoms with Crippen molar-refractivity contribution in [1.82, 2.24) is 4.98 Å². The molecule has 0 atom stereocenters. The zero-order valence-corrected chi connectivity index (χ0v) is 10.8. The van der Waals surface area contributed by atoms with Gasteiger partial charge in [-0.25, -0.2) is 4.98 Å². The van der Waals surface area contributed by atoms with Gasteiger partial charge in [-0.2, -0.15) is 0 Å². The van der Waals surface area contributed by atoms with Crippen LogP contribution in [0.4, 0.5) is 0 Å². The van der Waals surface area contributed by atoms with Crippen LogP contribution in [0.25, 0.3) is 11.3 Å². The molecule has 0 aliphatic rings.